The highest BCUT2D eigenvalue weighted by Gasteiger charge is 2.04. The van der Waals surface area contributed by atoms with E-state index in [1.807, 2.05) is 12.1 Å². The zero-order valence-corrected chi connectivity index (χ0v) is 13.9. The topological polar surface area (TPSA) is 116 Å². The first-order valence-corrected chi connectivity index (χ1v) is 7.74. The molecule has 0 saturated carbocycles. The molecule has 1 aromatic heterocycles. The Balaban J connectivity index is 1.73. The minimum atomic E-state index is -0.139. The molecule has 3 aromatic rings. The molecule has 1 heterocycles. The number of carbonyl (C=O) groups excluding carboxylic acids is 1. The lowest BCUT2D eigenvalue weighted by Crippen LogP contribution is -2.06. The highest BCUT2D eigenvalue weighted by Crippen LogP contribution is 2.20. The Labute approximate surface area is 149 Å². The Bertz CT molecular complexity index is 964. The van der Waals surface area contributed by atoms with Gasteiger partial charge in [0.25, 0.3) is 0 Å². The predicted molar refractivity (Wildman–Crippen MR) is 98.3 cm³/mol. The van der Waals surface area contributed by atoms with Crippen LogP contribution in [0.2, 0.25) is 0 Å². The van der Waals surface area contributed by atoms with Crippen molar-refractivity contribution in [1.29, 1.82) is 5.26 Å². The van der Waals surface area contributed by atoms with Gasteiger partial charge in [0.1, 0.15) is 0 Å². The van der Waals surface area contributed by atoms with E-state index in [9.17, 15) is 4.79 Å². The minimum absolute atomic E-state index is 0.139. The average Bonchev–Trinajstić information content (AvgIpc) is 2.62. The largest absolute Gasteiger partial charge is 0.339 e. The smallest absolute Gasteiger partial charge is 0.249 e. The quantitative estimate of drug-likeness (QED) is 0.650. The van der Waals surface area contributed by atoms with Gasteiger partial charge in [-0.15, -0.1) is 5.10 Å². The Kier molecular flexibility index (Phi) is 5.00. The van der Waals surface area contributed by atoms with Crippen molar-refractivity contribution in [1.82, 2.24) is 15.2 Å². The normalized spacial score (nSPS) is 9.85. The van der Waals surface area contributed by atoms with E-state index in [0.717, 1.165) is 11.4 Å². The second-order valence-electron chi connectivity index (χ2n) is 5.37. The van der Waals surface area contributed by atoms with Gasteiger partial charge in [0.2, 0.25) is 11.9 Å². The highest BCUT2D eigenvalue weighted by molar-refractivity contribution is 5.89. The summed E-state index contributed by atoms with van der Waals surface area (Å²) in [5, 5.41) is 25.6. The summed E-state index contributed by atoms with van der Waals surface area (Å²) in [5.41, 5.74) is 2.75. The minimum Gasteiger partial charge on any atom is -0.339 e. The van der Waals surface area contributed by atoms with E-state index in [1.54, 1.807) is 36.4 Å². The Morgan fingerprint density at radius 1 is 1.04 bits per heavy atom. The van der Waals surface area contributed by atoms with Crippen molar-refractivity contribution >= 4 is 34.7 Å². The van der Waals surface area contributed by atoms with Crippen LogP contribution in [-0.2, 0) is 4.79 Å². The van der Waals surface area contributed by atoms with Crippen LogP contribution in [0.15, 0.2) is 54.7 Å². The summed E-state index contributed by atoms with van der Waals surface area (Å²) >= 11 is 0. The second-order valence-corrected chi connectivity index (χ2v) is 5.37. The van der Waals surface area contributed by atoms with E-state index in [2.05, 4.69) is 37.2 Å². The lowest BCUT2D eigenvalue weighted by atomic mass is 10.2. The van der Waals surface area contributed by atoms with Gasteiger partial charge in [-0.1, -0.05) is 6.07 Å². The molecule has 0 unspecified atom stereocenters. The molecule has 0 aliphatic carbocycles. The first kappa shape index (κ1) is 16.9. The Hall–Kier alpha value is -3.99. The summed E-state index contributed by atoms with van der Waals surface area (Å²) in [6, 6.07) is 16.2. The van der Waals surface area contributed by atoms with Crippen molar-refractivity contribution < 1.29 is 4.79 Å². The van der Waals surface area contributed by atoms with Crippen LogP contribution < -0.4 is 16.0 Å². The van der Waals surface area contributed by atoms with Crippen LogP contribution in [0, 0.1) is 11.3 Å². The van der Waals surface area contributed by atoms with Gasteiger partial charge >= 0.3 is 0 Å². The molecule has 3 N–H and O–H groups in total. The van der Waals surface area contributed by atoms with E-state index < -0.39 is 0 Å². The molecule has 3 rings (SSSR count). The number of nitrogens with one attached hydrogen (secondary N) is 3. The molecule has 0 radical (unpaired) electrons. The molecule has 8 heteroatoms. The number of nitriles is 1. The maximum atomic E-state index is 11.2. The van der Waals surface area contributed by atoms with Crippen LogP contribution in [0.25, 0.3) is 0 Å². The van der Waals surface area contributed by atoms with Crippen molar-refractivity contribution in [2.24, 2.45) is 0 Å². The van der Waals surface area contributed by atoms with Crippen molar-refractivity contribution in [3.05, 3.63) is 60.3 Å². The average molecular weight is 345 g/mol. The van der Waals surface area contributed by atoms with Gasteiger partial charge < -0.3 is 16.0 Å². The third kappa shape index (κ3) is 4.52. The van der Waals surface area contributed by atoms with Crippen LogP contribution in [0.4, 0.5) is 28.8 Å². The SMILES string of the molecule is CC(=O)Nc1cccc(Nc2cnnc(Nc3ccc(C#N)cc3)n2)c1. The molecule has 0 saturated heterocycles. The molecule has 128 valence electrons. The van der Waals surface area contributed by atoms with Crippen molar-refractivity contribution in [2.75, 3.05) is 16.0 Å². The van der Waals surface area contributed by atoms with E-state index in [1.165, 1.54) is 13.1 Å². The molecule has 1 amide bonds. The van der Waals surface area contributed by atoms with Crippen LogP contribution in [0.1, 0.15) is 12.5 Å². The molecule has 0 atom stereocenters. The van der Waals surface area contributed by atoms with Gasteiger partial charge in [-0.25, -0.2) is 0 Å². The summed E-state index contributed by atoms with van der Waals surface area (Å²) in [4.78, 5) is 15.5. The lowest BCUT2D eigenvalue weighted by molar-refractivity contribution is -0.114. The summed E-state index contributed by atoms with van der Waals surface area (Å²) in [6.45, 7) is 1.45. The monoisotopic (exact) mass is 345 g/mol. The first-order valence-electron chi connectivity index (χ1n) is 7.74. The Morgan fingerprint density at radius 2 is 1.81 bits per heavy atom. The van der Waals surface area contributed by atoms with Gasteiger partial charge in [0.05, 0.1) is 17.8 Å². The van der Waals surface area contributed by atoms with Gasteiger partial charge in [0.15, 0.2) is 5.82 Å². The molecule has 0 fully saturated rings. The number of hydrogen-bond donors (Lipinski definition) is 3. The van der Waals surface area contributed by atoms with E-state index in [-0.39, 0.29) is 5.91 Å². The third-order valence-electron chi connectivity index (χ3n) is 3.28. The molecule has 0 aliphatic heterocycles. The maximum Gasteiger partial charge on any atom is 0.249 e. The molecule has 8 nitrogen and oxygen atoms in total. The molecular weight excluding hydrogens is 330 g/mol. The van der Waals surface area contributed by atoms with Gasteiger partial charge in [-0.05, 0) is 42.5 Å². The standard InChI is InChI=1S/C18H15N7O/c1-12(26)21-15-3-2-4-16(9-15)22-17-11-20-25-18(24-17)23-14-7-5-13(10-19)6-8-14/h2-9,11H,1H3,(H,21,26)(H2,22,23,24,25). The number of benzene rings is 2. The van der Waals surface area contributed by atoms with Crippen LogP contribution in [0.5, 0.6) is 0 Å². The zero-order valence-electron chi connectivity index (χ0n) is 13.9. The number of rotatable bonds is 5. The van der Waals surface area contributed by atoms with Crippen molar-refractivity contribution in [3.8, 4) is 6.07 Å². The number of nitrogens with zero attached hydrogens (tertiary/aromatic N) is 4. The van der Waals surface area contributed by atoms with Crippen LogP contribution >= 0.6 is 0 Å². The lowest BCUT2D eigenvalue weighted by Gasteiger charge is -2.09. The Morgan fingerprint density at radius 3 is 2.54 bits per heavy atom. The molecule has 0 spiro atoms. The fourth-order valence-electron chi connectivity index (χ4n) is 2.20. The van der Waals surface area contributed by atoms with Gasteiger partial charge in [-0.2, -0.15) is 15.3 Å². The number of aromatic nitrogens is 3. The number of carbonyl (C=O) groups is 1. The number of hydrogen-bond acceptors (Lipinski definition) is 7. The number of amides is 1. The first-order chi connectivity index (χ1) is 12.6. The summed E-state index contributed by atoms with van der Waals surface area (Å²) < 4.78 is 0. The fraction of sp³-hybridized carbons (Fsp3) is 0.0556. The maximum absolute atomic E-state index is 11.2. The summed E-state index contributed by atoms with van der Waals surface area (Å²) in [6.07, 6.45) is 1.50. The predicted octanol–water partition coefficient (Wildman–Crippen LogP) is 3.19. The third-order valence-corrected chi connectivity index (χ3v) is 3.28. The van der Waals surface area contributed by atoms with Gasteiger partial charge in [-0.3, -0.25) is 4.79 Å². The molecular formula is C18H15N7O. The number of anilines is 5. The van der Waals surface area contributed by atoms with E-state index in [4.69, 9.17) is 5.26 Å². The highest BCUT2D eigenvalue weighted by atomic mass is 16.1. The summed E-state index contributed by atoms with van der Waals surface area (Å²) in [5.74, 6) is 0.675. The van der Waals surface area contributed by atoms with Crippen LogP contribution in [0.3, 0.4) is 0 Å². The van der Waals surface area contributed by atoms with Crippen molar-refractivity contribution in [3.63, 3.8) is 0 Å². The molecule has 2 aromatic carbocycles. The molecule has 0 aliphatic rings. The molecule has 0 bridgehead atoms. The second kappa shape index (κ2) is 7.72. The van der Waals surface area contributed by atoms with E-state index >= 15 is 0 Å². The zero-order chi connectivity index (χ0) is 18.4. The van der Waals surface area contributed by atoms with Crippen molar-refractivity contribution in [2.45, 2.75) is 6.92 Å². The summed E-state index contributed by atoms with van der Waals surface area (Å²) in [7, 11) is 0. The molecule has 26 heavy (non-hydrogen) atoms. The van der Waals surface area contributed by atoms with Crippen LogP contribution in [-0.4, -0.2) is 21.1 Å². The van der Waals surface area contributed by atoms with Gasteiger partial charge in [0, 0.05) is 24.0 Å². The van der Waals surface area contributed by atoms with E-state index in [0.29, 0.717) is 23.0 Å². The fourth-order valence-corrected chi connectivity index (χ4v) is 2.20.